The van der Waals surface area contributed by atoms with Gasteiger partial charge in [-0.25, -0.2) is 14.8 Å². The molecule has 4 rings (SSSR count). The fourth-order valence-electron chi connectivity index (χ4n) is 3.51. The van der Waals surface area contributed by atoms with Gasteiger partial charge < -0.3 is 4.74 Å². The molecule has 0 amide bonds. The number of carbonyl (C=O) groups excluding carboxylic acids is 2. The van der Waals surface area contributed by atoms with Crippen LogP contribution in [0.5, 0.6) is 0 Å². The summed E-state index contributed by atoms with van der Waals surface area (Å²) in [4.78, 5) is 34.7. The summed E-state index contributed by atoms with van der Waals surface area (Å²) in [6, 6.07) is 18.9. The minimum atomic E-state index is -1.06. The van der Waals surface area contributed by atoms with E-state index in [1.54, 1.807) is 18.4 Å². The zero-order chi connectivity index (χ0) is 22.7. The molecule has 2 heterocycles. The van der Waals surface area contributed by atoms with Gasteiger partial charge in [0, 0.05) is 22.0 Å². The predicted octanol–water partition coefficient (Wildman–Crippen LogP) is 5.01. The van der Waals surface area contributed by atoms with Gasteiger partial charge in [0.2, 0.25) is 0 Å². The molecule has 0 bridgehead atoms. The molecule has 0 radical (unpaired) electrons. The molecule has 0 saturated heterocycles. The zero-order valence-corrected chi connectivity index (χ0v) is 18.3. The van der Waals surface area contributed by atoms with Gasteiger partial charge in [0.1, 0.15) is 5.01 Å². The highest BCUT2D eigenvalue weighted by Gasteiger charge is 2.26. The highest BCUT2D eigenvalue weighted by atomic mass is 32.1. The van der Waals surface area contributed by atoms with Gasteiger partial charge in [-0.2, -0.15) is 5.26 Å². The van der Waals surface area contributed by atoms with Crippen LogP contribution in [0.3, 0.4) is 0 Å². The molecule has 0 unspecified atom stereocenters. The predicted molar refractivity (Wildman–Crippen MR) is 122 cm³/mol. The van der Waals surface area contributed by atoms with Crippen molar-refractivity contribution in [1.29, 1.82) is 5.26 Å². The van der Waals surface area contributed by atoms with Gasteiger partial charge in [0.25, 0.3) is 0 Å². The van der Waals surface area contributed by atoms with Gasteiger partial charge in [-0.05, 0) is 25.5 Å². The standard InChI is InChI=1S/C25H19N3O3S/c1-15-14-32-24(27-15)19(12-26)21(29)13-31-25(30)22-16(2)23(17-8-4-3-5-9-17)28-20-11-7-6-10-18(20)22/h3-11,14,19H,13H2,1-2H3/t19-/m0/s1. The second-order valence-corrected chi connectivity index (χ2v) is 8.16. The van der Waals surface area contributed by atoms with Crippen molar-refractivity contribution in [3.63, 3.8) is 0 Å². The Balaban J connectivity index is 1.65. The van der Waals surface area contributed by atoms with Crippen LogP contribution in [0.25, 0.3) is 22.2 Å². The molecule has 0 spiro atoms. The lowest BCUT2D eigenvalue weighted by molar-refractivity contribution is -0.122. The van der Waals surface area contributed by atoms with Crippen molar-refractivity contribution in [1.82, 2.24) is 9.97 Å². The van der Waals surface area contributed by atoms with Crippen molar-refractivity contribution in [2.24, 2.45) is 0 Å². The maximum absolute atomic E-state index is 13.1. The van der Waals surface area contributed by atoms with E-state index in [2.05, 4.69) is 4.98 Å². The molecule has 6 nitrogen and oxygen atoms in total. The number of benzene rings is 2. The summed E-state index contributed by atoms with van der Waals surface area (Å²) in [5, 5.41) is 12.3. The van der Waals surface area contributed by atoms with Crippen LogP contribution in [0.15, 0.2) is 60.0 Å². The topological polar surface area (TPSA) is 92.9 Å². The number of aromatic nitrogens is 2. The number of ether oxygens (including phenoxy) is 1. The Hall–Kier alpha value is -3.89. The third kappa shape index (κ3) is 4.13. The van der Waals surface area contributed by atoms with Crippen molar-refractivity contribution in [3.05, 3.63) is 81.8 Å². The first-order valence-corrected chi connectivity index (χ1v) is 10.8. The zero-order valence-electron chi connectivity index (χ0n) is 17.5. The minimum Gasteiger partial charge on any atom is -0.454 e. The molecule has 0 N–H and O–H groups in total. The molecule has 4 aromatic rings. The lowest BCUT2D eigenvalue weighted by Gasteiger charge is -2.14. The van der Waals surface area contributed by atoms with Crippen LogP contribution in [0, 0.1) is 25.2 Å². The van der Waals surface area contributed by atoms with Crippen LogP contribution < -0.4 is 0 Å². The van der Waals surface area contributed by atoms with Crippen molar-refractivity contribution in [3.8, 4) is 17.3 Å². The maximum Gasteiger partial charge on any atom is 0.339 e. The molecule has 0 saturated carbocycles. The van der Waals surface area contributed by atoms with Gasteiger partial charge >= 0.3 is 5.97 Å². The number of para-hydroxylation sites is 1. The van der Waals surface area contributed by atoms with Gasteiger partial charge in [-0.3, -0.25) is 4.79 Å². The fourth-order valence-corrected chi connectivity index (χ4v) is 4.37. The first-order valence-electron chi connectivity index (χ1n) is 9.96. The lowest BCUT2D eigenvalue weighted by Crippen LogP contribution is -2.20. The number of aryl methyl sites for hydroxylation is 1. The number of hydrogen-bond acceptors (Lipinski definition) is 7. The molecular formula is C25H19N3O3S. The van der Waals surface area contributed by atoms with Crippen LogP contribution in [0.1, 0.15) is 32.5 Å². The molecule has 7 heteroatoms. The van der Waals surface area contributed by atoms with E-state index in [1.165, 1.54) is 11.3 Å². The number of hydrogen-bond donors (Lipinski definition) is 0. The minimum absolute atomic E-state index is 0.362. The van der Waals surface area contributed by atoms with E-state index in [1.807, 2.05) is 61.5 Å². The summed E-state index contributed by atoms with van der Waals surface area (Å²) >= 11 is 1.24. The Kier molecular flexibility index (Phi) is 6.06. The Bertz CT molecular complexity index is 1360. The normalized spacial score (nSPS) is 11.7. The summed E-state index contributed by atoms with van der Waals surface area (Å²) in [6.45, 7) is 3.10. The van der Waals surface area contributed by atoms with Crippen LogP contribution in [-0.2, 0) is 9.53 Å². The number of nitriles is 1. The van der Waals surface area contributed by atoms with E-state index in [-0.39, 0.29) is 0 Å². The largest absolute Gasteiger partial charge is 0.454 e. The third-order valence-electron chi connectivity index (χ3n) is 5.07. The van der Waals surface area contributed by atoms with Gasteiger partial charge in [0.05, 0.1) is 22.8 Å². The van der Waals surface area contributed by atoms with Crippen molar-refractivity contribution < 1.29 is 14.3 Å². The highest BCUT2D eigenvalue weighted by molar-refractivity contribution is 7.09. The van der Waals surface area contributed by atoms with Gasteiger partial charge in [0.15, 0.2) is 18.3 Å². The molecule has 32 heavy (non-hydrogen) atoms. The number of fused-ring (bicyclic) bond motifs is 1. The summed E-state index contributed by atoms with van der Waals surface area (Å²) in [5.41, 5.74) is 3.98. The lowest BCUT2D eigenvalue weighted by atomic mass is 9.98. The van der Waals surface area contributed by atoms with Crippen LogP contribution in [-0.4, -0.2) is 28.3 Å². The Morgan fingerprint density at radius 1 is 1.06 bits per heavy atom. The van der Waals surface area contributed by atoms with E-state index in [0.717, 1.165) is 11.3 Å². The molecular weight excluding hydrogens is 422 g/mol. The molecule has 2 aromatic heterocycles. The third-order valence-corrected chi connectivity index (χ3v) is 6.09. The average Bonchev–Trinajstić information content (AvgIpc) is 3.24. The van der Waals surface area contributed by atoms with E-state index in [0.29, 0.717) is 32.7 Å². The summed E-state index contributed by atoms with van der Waals surface area (Å²) in [6.07, 6.45) is 0. The monoisotopic (exact) mass is 441 g/mol. The van der Waals surface area contributed by atoms with Crippen molar-refractivity contribution in [2.45, 2.75) is 19.8 Å². The van der Waals surface area contributed by atoms with Crippen LogP contribution in [0.2, 0.25) is 0 Å². The number of carbonyl (C=O) groups is 2. The first-order chi connectivity index (χ1) is 15.5. The highest BCUT2D eigenvalue weighted by Crippen LogP contribution is 2.30. The number of esters is 1. The molecule has 0 aliphatic carbocycles. The van der Waals surface area contributed by atoms with Gasteiger partial charge in [-0.15, -0.1) is 11.3 Å². The van der Waals surface area contributed by atoms with Crippen molar-refractivity contribution >= 4 is 34.0 Å². The first kappa shape index (κ1) is 21.3. The Morgan fingerprint density at radius 2 is 1.78 bits per heavy atom. The van der Waals surface area contributed by atoms with Crippen molar-refractivity contribution in [2.75, 3.05) is 6.61 Å². The number of thiazole rings is 1. The Labute approximate surface area is 189 Å². The maximum atomic E-state index is 13.1. The quantitative estimate of drug-likeness (QED) is 0.391. The summed E-state index contributed by atoms with van der Waals surface area (Å²) in [5.74, 6) is -2.19. The average molecular weight is 442 g/mol. The van der Waals surface area contributed by atoms with E-state index in [9.17, 15) is 14.9 Å². The van der Waals surface area contributed by atoms with E-state index >= 15 is 0 Å². The molecule has 0 aliphatic heterocycles. The molecule has 2 aromatic carbocycles. The smallest absolute Gasteiger partial charge is 0.339 e. The van der Waals surface area contributed by atoms with E-state index in [4.69, 9.17) is 9.72 Å². The number of pyridine rings is 1. The van der Waals surface area contributed by atoms with E-state index < -0.39 is 24.3 Å². The second kappa shape index (κ2) is 9.08. The number of Topliss-reactive ketones (excluding diaryl/α,β-unsaturated/α-hetero) is 1. The summed E-state index contributed by atoms with van der Waals surface area (Å²) < 4.78 is 5.39. The number of rotatable bonds is 6. The Morgan fingerprint density at radius 3 is 2.47 bits per heavy atom. The number of ketones is 1. The molecule has 1 atom stereocenters. The van der Waals surface area contributed by atoms with Crippen LogP contribution >= 0.6 is 11.3 Å². The number of nitrogens with zero attached hydrogens (tertiary/aromatic N) is 3. The molecule has 158 valence electrons. The molecule has 0 fully saturated rings. The second-order valence-electron chi connectivity index (χ2n) is 7.28. The fraction of sp³-hybridized carbons (Fsp3) is 0.160. The summed E-state index contributed by atoms with van der Waals surface area (Å²) in [7, 11) is 0. The van der Waals surface area contributed by atoms with Gasteiger partial charge in [-0.1, -0.05) is 48.5 Å². The van der Waals surface area contributed by atoms with Crippen LogP contribution in [0.4, 0.5) is 0 Å². The SMILES string of the molecule is Cc1csc([C@@H](C#N)C(=O)COC(=O)c2c(C)c(-c3ccccc3)nc3ccccc23)n1. The molecule has 0 aliphatic rings.